The van der Waals surface area contributed by atoms with Gasteiger partial charge in [0.15, 0.2) is 0 Å². The van der Waals surface area contributed by atoms with Crippen LogP contribution in [0.25, 0.3) is 0 Å². The third-order valence-corrected chi connectivity index (χ3v) is 2.78. The van der Waals surface area contributed by atoms with E-state index in [1.165, 1.54) is 12.1 Å². The Morgan fingerprint density at radius 1 is 1.45 bits per heavy atom. The lowest BCUT2D eigenvalue weighted by molar-refractivity contribution is -0.384. The van der Waals surface area contributed by atoms with Gasteiger partial charge in [0.05, 0.1) is 17.1 Å². The summed E-state index contributed by atoms with van der Waals surface area (Å²) in [6, 6.07) is 3.18. The highest BCUT2D eigenvalue weighted by atomic mass is 16.6. The average Bonchev–Trinajstić information content (AvgIpc) is 2.36. The van der Waals surface area contributed by atoms with Crippen LogP contribution in [0.1, 0.15) is 30.6 Å². The number of nitro benzene ring substituents is 1. The number of rotatable bonds is 7. The van der Waals surface area contributed by atoms with Crippen LogP contribution < -0.4 is 5.32 Å². The average molecular weight is 282 g/mol. The second-order valence-corrected chi connectivity index (χ2v) is 4.95. The van der Waals surface area contributed by atoms with Crippen molar-refractivity contribution in [2.45, 2.75) is 26.3 Å². The summed E-state index contributed by atoms with van der Waals surface area (Å²) in [4.78, 5) is 21.3. The molecule has 7 nitrogen and oxygen atoms in total. The van der Waals surface area contributed by atoms with E-state index in [2.05, 4.69) is 5.32 Å². The van der Waals surface area contributed by atoms with Gasteiger partial charge in [0, 0.05) is 12.1 Å². The number of aromatic carboxylic acids is 1. The van der Waals surface area contributed by atoms with Crippen LogP contribution in [0, 0.1) is 16.0 Å². The highest BCUT2D eigenvalue weighted by molar-refractivity contribution is 5.90. The van der Waals surface area contributed by atoms with Gasteiger partial charge in [-0.25, -0.2) is 4.79 Å². The summed E-state index contributed by atoms with van der Waals surface area (Å²) in [6.07, 6.45) is 0.616. The largest absolute Gasteiger partial charge is 0.478 e. The molecule has 0 aromatic heterocycles. The predicted octanol–water partition coefficient (Wildman–Crippen LogP) is 2.11. The minimum Gasteiger partial charge on any atom is -0.478 e. The molecule has 7 heteroatoms. The molecule has 0 bridgehead atoms. The van der Waals surface area contributed by atoms with Crippen molar-refractivity contribution < 1.29 is 19.9 Å². The van der Waals surface area contributed by atoms with Gasteiger partial charge in [-0.1, -0.05) is 13.8 Å². The fraction of sp³-hybridized carbons (Fsp3) is 0.462. The molecular formula is C13H18N2O5. The van der Waals surface area contributed by atoms with E-state index in [4.69, 9.17) is 5.11 Å². The maximum Gasteiger partial charge on any atom is 0.335 e. The molecule has 1 unspecified atom stereocenters. The van der Waals surface area contributed by atoms with Crippen LogP contribution in [0.5, 0.6) is 0 Å². The minimum absolute atomic E-state index is 0.0423. The highest BCUT2D eigenvalue weighted by Gasteiger charge is 2.19. The van der Waals surface area contributed by atoms with Crippen LogP contribution in [0.15, 0.2) is 18.2 Å². The van der Waals surface area contributed by atoms with E-state index in [-0.39, 0.29) is 29.6 Å². The number of carboxylic acid groups (broad SMARTS) is 1. The van der Waals surface area contributed by atoms with E-state index >= 15 is 0 Å². The monoisotopic (exact) mass is 282 g/mol. The third kappa shape index (κ3) is 4.20. The number of nitro groups is 1. The summed E-state index contributed by atoms with van der Waals surface area (Å²) in [6.45, 7) is 3.74. The summed E-state index contributed by atoms with van der Waals surface area (Å²) < 4.78 is 0. The Bertz CT molecular complexity index is 502. The lowest BCUT2D eigenvalue weighted by Crippen LogP contribution is -2.26. The lowest BCUT2D eigenvalue weighted by atomic mass is 10.0. The molecule has 1 atom stereocenters. The Morgan fingerprint density at radius 2 is 2.10 bits per heavy atom. The summed E-state index contributed by atoms with van der Waals surface area (Å²) >= 11 is 0. The van der Waals surface area contributed by atoms with Crippen LogP contribution >= 0.6 is 0 Å². The van der Waals surface area contributed by atoms with Gasteiger partial charge in [-0.2, -0.15) is 0 Å². The zero-order valence-corrected chi connectivity index (χ0v) is 11.4. The van der Waals surface area contributed by atoms with E-state index in [0.717, 1.165) is 6.07 Å². The third-order valence-electron chi connectivity index (χ3n) is 2.78. The number of carboxylic acids is 1. The normalized spacial score (nSPS) is 12.2. The van der Waals surface area contributed by atoms with Gasteiger partial charge in [0.1, 0.15) is 5.69 Å². The van der Waals surface area contributed by atoms with Crippen LogP contribution in [0.2, 0.25) is 0 Å². The molecule has 0 heterocycles. The Labute approximate surface area is 116 Å². The molecule has 1 rings (SSSR count). The van der Waals surface area contributed by atoms with Crippen molar-refractivity contribution in [3.8, 4) is 0 Å². The van der Waals surface area contributed by atoms with Crippen LogP contribution in [0.4, 0.5) is 11.4 Å². The van der Waals surface area contributed by atoms with Crippen molar-refractivity contribution >= 4 is 17.3 Å². The van der Waals surface area contributed by atoms with Crippen molar-refractivity contribution in [2.75, 3.05) is 11.9 Å². The van der Waals surface area contributed by atoms with Gasteiger partial charge in [-0.15, -0.1) is 0 Å². The van der Waals surface area contributed by atoms with Crippen molar-refractivity contribution in [1.82, 2.24) is 0 Å². The van der Waals surface area contributed by atoms with Crippen LogP contribution in [-0.4, -0.2) is 33.8 Å². The van der Waals surface area contributed by atoms with Gasteiger partial charge in [-0.3, -0.25) is 10.1 Å². The zero-order chi connectivity index (χ0) is 15.3. The number of nitrogens with one attached hydrogen (secondary N) is 1. The predicted molar refractivity (Wildman–Crippen MR) is 74.0 cm³/mol. The first-order chi connectivity index (χ1) is 9.35. The second kappa shape index (κ2) is 6.85. The zero-order valence-electron chi connectivity index (χ0n) is 11.4. The fourth-order valence-electron chi connectivity index (χ4n) is 1.91. The second-order valence-electron chi connectivity index (χ2n) is 4.95. The quantitative estimate of drug-likeness (QED) is 0.521. The maximum atomic E-state index is 11.0. The van der Waals surface area contributed by atoms with Gasteiger partial charge >= 0.3 is 5.97 Å². The number of aliphatic hydroxyl groups is 1. The molecule has 0 saturated heterocycles. The molecule has 3 N–H and O–H groups in total. The topological polar surface area (TPSA) is 113 Å². The maximum absolute atomic E-state index is 11.0. The number of hydrogen-bond acceptors (Lipinski definition) is 5. The van der Waals surface area contributed by atoms with E-state index in [9.17, 15) is 20.0 Å². The number of nitrogens with zero attached hydrogens (tertiary/aromatic N) is 1. The Balaban J connectivity index is 3.08. The number of benzene rings is 1. The number of aliphatic hydroxyl groups excluding tert-OH is 1. The van der Waals surface area contributed by atoms with E-state index in [1.54, 1.807) is 0 Å². The number of hydrogen-bond donors (Lipinski definition) is 3. The fourth-order valence-corrected chi connectivity index (χ4v) is 1.91. The van der Waals surface area contributed by atoms with Crippen LogP contribution in [0.3, 0.4) is 0 Å². The minimum atomic E-state index is -1.16. The molecule has 0 spiro atoms. The number of carbonyl (C=O) groups is 1. The summed E-state index contributed by atoms with van der Waals surface area (Å²) in [5, 5.41) is 32.0. The van der Waals surface area contributed by atoms with Crippen molar-refractivity contribution in [2.24, 2.45) is 5.92 Å². The lowest BCUT2D eigenvalue weighted by Gasteiger charge is -2.19. The molecule has 0 amide bonds. The molecule has 1 aromatic carbocycles. The van der Waals surface area contributed by atoms with Gasteiger partial charge < -0.3 is 15.5 Å². The molecule has 1 aromatic rings. The molecule has 110 valence electrons. The summed E-state index contributed by atoms with van der Waals surface area (Å²) in [5.41, 5.74) is -0.147. The SMILES string of the molecule is CC(C)CC(CO)Nc1cc(C(=O)O)ccc1[N+](=O)[O-]. The van der Waals surface area contributed by atoms with Crippen molar-refractivity contribution in [1.29, 1.82) is 0 Å². The molecule has 0 aliphatic rings. The molecular weight excluding hydrogens is 264 g/mol. The van der Waals surface area contributed by atoms with E-state index in [0.29, 0.717) is 12.3 Å². The molecule has 0 aliphatic heterocycles. The Kier molecular flexibility index (Phi) is 5.45. The van der Waals surface area contributed by atoms with Gasteiger partial charge in [-0.05, 0) is 24.5 Å². The first-order valence-electron chi connectivity index (χ1n) is 6.24. The first-order valence-corrected chi connectivity index (χ1v) is 6.24. The van der Waals surface area contributed by atoms with E-state index in [1.807, 2.05) is 13.8 Å². The van der Waals surface area contributed by atoms with Crippen molar-refractivity contribution in [3.05, 3.63) is 33.9 Å². The smallest absolute Gasteiger partial charge is 0.335 e. The number of anilines is 1. The molecule has 0 aliphatic carbocycles. The Hall–Kier alpha value is -2.15. The van der Waals surface area contributed by atoms with Crippen LogP contribution in [-0.2, 0) is 0 Å². The Morgan fingerprint density at radius 3 is 2.55 bits per heavy atom. The molecule has 0 fully saturated rings. The van der Waals surface area contributed by atoms with E-state index < -0.39 is 10.9 Å². The molecule has 20 heavy (non-hydrogen) atoms. The van der Waals surface area contributed by atoms with Crippen molar-refractivity contribution in [3.63, 3.8) is 0 Å². The molecule has 0 radical (unpaired) electrons. The first kappa shape index (κ1) is 15.9. The van der Waals surface area contributed by atoms with Gasteiger partial charge in [0.2, 0.25) is 0 Å². The summed E-state index contributed by atoms with van der Waals surface area (Å²) in [5.74, 6) is -0.867. The highest BCUT2D eigenvalue weighted by Crippen LogP contribution is 2.27. The van der Waals surface area contributed by atoms with Gasteiger partial charge in [0.25, 0.3) is 5.69 Å². The summed E-state index contributed by atoms with van der Waals surface area (Å²) in [7, 11) is 0. The standard InChI is InChI=1S/C13H18N2O5/c1-8(2)5-10(7-16)14-11-6-9(13(17)18)3-4-12(11)15(19)20/h3-4,6,8,10,14,16H,5,7H2,1-2H3,(H,17,18). The molecule has 0 saturated carbocycles.